The zero-order valence-electron chi connectivity index (χ0n) is 15.8. The number of nitrogens with one attached hydrogen (secondary N) is 2. The number of benzene rings is 2. The van der Waals surface area contributed by atoms with Gasteiger partial charge in [0, 0.05) is 42.8 Å². The van der Waals surface area contributed by atoms with Gasteiger partial charge in [0.15, 0.2) is 0 Å². The second kappa shape index (κ2) is 8.89. The van der Waals surface area contributed by atoms with Gasteiger partial charge in [0.25, 0.3) is 0 Å². The summed E-state index contributed by atoms with van der Waals surface area (Å²) in [4.78, 5) is 14.0. The Morgan fingerprint density at radius 1 is 1.00 bits per heavy atom. The van der Waals surface area contributed by atoms with Crippen LogP contribution in [-0.4, -0.2) is 55.7 Å². The maximum absolute atomic E-state index is 12.5. The minimum Gasteiger partial charge on any atom is -0.384 e. The molecular weight excluding hydrogens is 390 g/mol. The highest BCUT2D eigenvalue weighted by Crippen LogP contribution is 2.14. The zero-order valence-corrected chi connectivity index (χ0v) is 16.6. The van der Waals surface area contributed by atoms with Crippen LogP contribution in [0.1, 0.15) is 11.1 Å². The van der Waals surface area contributed by atoms with Gasteiger partial charge in [0.2, 0.25) is 10.0 Å². The Morgan fingerprint density at radius 3 is 2.21 bits per heavy atom. The number of amidine groups is 1. The summed E-state index contributed by atoms with van der Waals surface area (Å²) in [5.74, 6) is -0.0403. The summed E-state index contributed by atoms with van der Waals surface area (Å²) in [6.07, 6.45) is 1.57. The SMILES string of the molecule is N=C(N)c1ccc(NC(=O)N2CCN(S(=O)(=O)/C=C/c3ccccc3)CC2)cc1. The van der Waals surface area contributed by atoms with E-state index in [1.54, 1.807) is 35.2 Å². The molecule has 8 nitrogen and oxygen atoms in total. The third-order valence-corrected chi connectivity index (χ3v) is 6.13. The van der Waals surface area contributed by atoms with Crippen molar-refractivity contribution in [1.82, 2.24) is 9.21 Å². The van der Waals surface area contributed by atoms with Gasteiger partial charge in [0.05, 0.1) is 0 Å². The van der Waals surface area contributed by atoms with Crippen molar-refractivity contribution in [3.05, 3.63) is 71.1 Å². The number of carbonyl (C=O) groups excluding carboxylic acids is 1. The molecule has 0 bridgehead atoms. The number of carbonyl (C=O) groups is 1. The van der Waals surface area contributed by atoms with Crippen molar-refractivity contribution >= 4 is 33.7 Å². The Hall–Kier alpha value is -3.17. The van der Waals surface area contributed by atoms with E-state index in [0.717, 1.165) is 5.56 Å². The number of nitrogens with zero attached hydrogens (tertiary/aromatic N) is 2. The minimum absolute atomic E-state index is 0.0403. The lowest BCUT2D eigenvalue weighted by Gasteiger charge is -2.33. The second-order valence-corrected chi connectivity index (χ2v) is 8.38. The van der Waals surface area contributed by atoms with E-state index >= 15 is 0 Å². The predicted octanol–water partition coefficient (Wildman–Crippen LogP) is 2.12. The fraction of sp³-hybridized carbons (Fsp3) is 0.200. The van der Waals surface area contributed by atoms with E-state index in [9.17, 15) is 13.2 Å². The average molecular weight is 414 g/mol. The molecule has 0 aromatic heterocycles. The number of sulfonamides is 1. The highest BCUT2D eigenvalue weighted by atomic mass is 32.2. The summed E-state index contributed by atoms with van der Waals surface area (Å²) < 4.78 is 26.4. The van der Waals surface area contributed by atoms with Crippen LogP contribution in [0.15, 0.2) is 60.0 Å². The molecule has 9 heteroatoms. The number of hydrogen-bond donors (Lipinski definition) is 3. The quantitative estimate of drug-likeness (QED) is 0.514. The summed E-state index contributed by atoms with van der Waals surface area (Å²) in [7, 11) is -3.54. The van der Waals surface area contributed by atoms with Crippen LogP contribution in [-0.2, 0) is 10.0 Å². The highest BCUT2D eigenvalue weighted by Gasteiger charge is 2.27. The molecule has 0 spiro atoms. The molecule has 0 aliphatic carbocycles. The monoisotopic (exact) mass is 413 g/mol. The van der Waals surface area contributed by atoms with Crippen LogP contribution >= 0.6 is 0 Å². The number of nitrogen functional groups attached to an aromatic ring is 1. The number of urea groups is 1. The van der Waals surface area contributed by atoms with Crippen molar-refractivity contribution in [2.45, 2.75) is 0 Å². The van der Waals surface area contributed by atoms with Crippen LogP contribution in [0.25, 0.3) is 6.08 Å². The third-order valence-electron chi connectivity index (χ3n) is 4.56. The van der Waals surface area contributed by atoms with Crippen LogP contribution in [0.4, 0.5) is 10.5 Å². The average Bonchev–Trinajstić information content (AvgIpc) is 2.73. The normalized spacial score (nSPS) is 15.4. The van der Waals surface area contributed by atoms with Gasteiger partial charge in [0.1, 0.15) is 5.84 Å². The van der Waals surface area contributed by atoms with E-state index in [1.165, 1.54) is 9.71 Å². The number of anilines is 1. The van der Waals surface area contributed by atoms with Crippen LogP contribution in [0.2, 0.25) is 0 Å². The smallest absolute Gasteiger partial charge is 0.321 e. The van der Waals surface area contributed by atoms with Gasteiger partial charge in [-0.15, -0.1) is 0 Å². The summed E-state index contributed by atoms with van der Waals surface area (Å²) in [5.41, 5.74) is 7.38. The van der Waals surface area contributed by atoms with E-state index in [4.69, 9.17) is 11.1 Å². The van der Waals surface area contributed by atoms with E-state index in [2.05, 4.69) is 5.32 Å². The van der Waals surface area contributed by atoms with Crippen molar-refractivity contribution in [2.75, 3.05) is 31.5 Å². The predicted molar refractivity (Wildman–Crippen MR) is 114 cm³/mol. The van der Waals surface area contributed by atoms with Gasteiger partial charge in [-0.1, -0.05) is 30.3 Å². The van der Waals surface area contributed by atoms with Crippen LogP contribution < -0.4 is 11.1 Å². The molecule has 1 fully saturated rings. The minimum atomic E-state index is -3.54. The first-order valence-electron chi connectivity index (χ1n) is 9.09. The Balaban J connectivity index is 1.54. The van der Waals surface area contributed by atoms with E-state index in [1.807, 2.05) is 30.3 Å². The van der Waals surface area contributed by atoms with Crippen LogP contribution in [0, 0.1) is 5.41 Å². The summed E-state index contributed by atoms with van der Waals surface area (Å²) in [5, 5.41) is 11.4. The molecule has 3 rings (SSSR count). The maximum Gasteiger partial charge on any atom is 0.321 e. The number of piperazine rings is 1. The largest absolute Gasteiger partial charge is 0.384 e. The summed E-state index contributed by atoms with van der Waals surface area (Å²) >= 11 is 0. The molecule has 1 aliphatic rings. The van der Waals surface area contributed by atoms with Gasteiger partial charge in [-0.3, -0.25) is 5.41 Å². The number of hydrogen-bond acceptors (Lipinski definition) is 4. The van der Waals surface area contributed by atoms with Gasteiger partial charge in [-0.25, -0.2) is 13.2 Å². The molecule has 29 heavy (non-hydrogen) atoms. The van der Waals surface area contributed by atoms with Crippen molar-refractivity contribution < 1.29 is 13.2 Å². The summed E-state index contributed by atoms with van der Waals surface area (Å²) in [6.45, 7) is 1.07. The molecule has 1 heterocycles. The van der Waals surface area contributed by atoms with Gasteiger partial charge in [-0.2, -0.15) is 4.31 Å². The Bertz CT molecular complexity index is 996. The van der Waals surface area contributed by atoms with Crippen molar-refractivity contribution in [1.29, 1.82) is 5.41 Å². The molecule has 0 atom stereocenters. The molecule has 152 valence electrons. The van der Waals surface area contributed by atoms with E-state index in [-0.39, 0.29) is 25.0 Å². The second-order valence-electron chi connectivity index (χ2n) is 6.57. The summed E-state index contributed by atoms with van der Waals surface area (Å²) in [6, 6.07) is 15.6. The van der Waals surface area contributed by atoms with E-state index in [0.29, 0.717) is 24.3 Å². The zero-order chi connectivity index (χ0) is 20.9. The number of amides is 2. The van der Waals surface area contributed by atoms with Gasteiger partial charge < -0.3 is 16.0 Å². The lowest BCUT2D eigenvalue weighted by Crippen LogP contribution is -2.51. The number of rotatable bonds is 5. The molecule has 2 aromatic carbocycles. The fourth-order valence-corrected chi connectivity index (χ4v) is 4.07. The molecule has 0 unspecified atom stereocenters. The third kappa shape index (κ3) is 5.43. The van der Waals surface area contributed by atoms with Crippen molar-refractivity contribution in [2.24, 2.45) is 5.73 Å². The molecule has 0 saturated carbocycles. The Labute approximate surface area is 170 Å². The van der Waals surface area contributed by atoms with Crippen molar-refractivity contribution in [3.63, 3.8) is 0 Å². The maximum atomic E-state index is 12.5. The first kappa shape index (κ1) is 20.6. The standard InChI is InChI=1S/C20H23N5O3S/c21-19(22)17-6-8-18(9-7-17)23-20(26)24-11-13-25(14-12-24)29(27,28)15-10-16-4-2-1-3-5-16/h1-10,15H,11-14H2,(H3,21,22)(H,23,26)/b15-10+. The molecular formula is C20H23N5O3S. The highest BCUT2D eigenvalue weighted by molar-refractivity contribution is 7.92. The molecule has 1 saturated heterocycles. The van der Waals surface area contributed by atoms with Gasteiger partial charge >= 0.3 is 6.03 Å². The van der Waals surface area contributed by atoms with Gasteiger partial charge in [-0.05, 0) is 35.9 Å². The molecule has 2 amide bonds. The Kier molecular flexibility index (Phi) is 6.30. The van der Waals surface area contributed by atoms with E-state index < -0.39 is 10.0 Å². The number of nitrogens with two attached hydrogens (primary N) is 1. The fourth-order valence-electron chi connectivity index (χ4n) is 2.90. The topological polar surface area (TPSA) is 120 Å². The van der Waals surface area contributed by atoms with Crippen molar-refractivity contribution in [3.8, 4) is 0 Å². The molecule has 2 aromatic rings. The molecule has 4 N–H and O–H groups in total. The van der Waals surface area contributed by atoms with Crippen LogP contribution in [0.5, 0.6) is 0 Å². The molecule has 1 aliphatic heterocycles. The Morgan fingerprint density at radius 2 is 1.62 bits per heavy atom. The lowest BCUT2D eigenvalue weighted by atomic mass is 10.2. The lowest BCUT2D eigenvalue weighted by molar-refractivity contribution is 0.185. The van der Waals surface area contributed by atoms with Crippen LogP contribution in [0.3, 0.4) is 0 Å². The first-order valence-corrected chi connectivity index (χ1v) is 10.6. The molecule has 0 radical (unpaired) electrons. The first-order chi connectivity index (χ1) is 13.8.